The highest BCUT2D eigenvalue weighted by atomic mass is 35.5. The van der Waals surface area contributed by atoms with Crippen LogP contribution < -0.4 is 5.32 Å². The van der Waals surface area contributed by atoms with Crippen LogP contribution in [-0.4, -0.2) is 20.8 Å². The predicted octanol–water partition coefficient (Wildman–Crippen LogP) is 4.57. The summed E-state index contributed by atoms with van der Waals surface area (Å²) in [7, 11) is 0. The van der Waals surface area contributed by atoms with Crippen LogP contribution in [0.2, 0.25) is 5.02 Å². The largest absolute Gasteiger partial charge is 0.360 e. The maximum Gasteiger partial charge on any atom is 0.278 e. The van der Waals surface area contributed by atoms with Crippen molar-refractivity contribution in [2.24, 2.45) is 5.92 Å². The molecule has 1 atom stereocenters. The first-order valence-electron chi connectivity index (χ1n) is 9.49. The highest BCUT2D eigenvalue weighted by molar-refractivity contribution is 6.30. The van der Waals surface area contributed by atoms with Crippen molar-refractivity contribution in [1.82, 2.24) is 14.9 Å². The molecular weight excluding hydrogens is 376 g/mol. The van der Waals surface area contributed by atoms with E-state index in [1.54, 1.807) is 0 Å². The Hall–Kier alpha value is -2.60. The molecule has 1 aliphatic rings. The first-order valence-corrected chi connectivity index (χ1v) is 9.87. The molecular formula is C21H23ClN4O2. The first kappa shape index (κ1) is 18.7. The Balaban J connectivity index is 1.56. The van der Waals surface area contributed by atoms with Gasteiger partial charge in [0.15, 0.2) is 5.69 Å². The van der Waals surface area contributed by atoms with Crippen molar-refractivity contribution in [2.45, 2.75) is 46.6 Å². The van der Waals surface area contributed by atoms with E-state index in [9.17, 15) is 4.79 Å². The second-order valence-electron chi connectivity index (χ2n) is 7.57. The van der Waals surface area contributed by atoms with Gasteiger partial charge >= 0.3 is 0 Å². The molecule has 0 saturated heterocycles. The van der Waals surface area contributed by atoms with Crippen LogP contribution in [0, 0.1) is 19.8 Å². The van der Waals surface area contributed by atoms with Gasteiger partial charge in [-0.3, -0.25) is 9.48 Å². The van der Waals surface area contributed by atoms with Gasteiger partial charge in [0.05, 0.1) is 23.6 Å². The number of nitrogens with one attached hydrogen (secondary N) is 1. The lowest BCUT2D eigenvalue weighted by atomic mass is 9.88. The summed E-state index contributed by atoms with van der Waals surface area (Å²) in [5, 5.41) is 12.3. The number of hydrogen-bond donors (Lipinski definition) is 1. The van der Waals surface area contributed by atoms with Gasteiger partial charge in [-0.05, 0) is 50.3 Å². The topological polar surface area (TPSA) is 73.0 Å². The fourth-order valence-corrected chi connectivity index (χ4v) is 3.98. The minimum atomic E-state index is -0.243. The van der Waals surface area contributed by atoms with Gasteiger partial charge in [-0.15, -0.1) is 0 Å². The Morgan fingerprint density at radius 1 is 1.39 bits per heavy atom. The van der Waals surface area contributed by atoms with Gasteiger partial charge in [0, 0.05) is 17.0 Å². The van der Waals surface area contributed by atoms with Crippen molar-refractivity contribution >= 4 is 23.2 Å². The van der Waals surface area contributed by atoms with Gasteiger partial charge in [-0.2, -0.15) is 5.10 Å². The maximum absolute atomic E-state index is 12.9. The molecule has 0 radical (unpaired) electrons. The lowest BCUT2D eigenvalue weighted by molar-refractivity contribution is 0.101. The van der Waals surface area contributed by atoms with Crippen molar-refractivity contribution in [3.8, 4) is 0 Å². The van der Waals surface area contributed by atoms with Crippen LogP contribution in [0.4, 0.5) is 5.69 Å². The number of amides is 1. The van der Waals surface area contributed by atoms with Crippen LogP contribution >= 0.6 is 11.6 Å². The highest BCUT2D eigenvalue weighted by Gasteiger charge is 2.28. The fraction of sp³-hybridized carbons (Fsp3) is 0.381. The number of anilines is 1. The standard InChI is InChI=1S/C21H23ClN4O2/c1-12-7-8-18-17(9-12)20(25-28-18)21(27)23-19-13(2)24-26(14(19)3)11-15-5-4-6-16(22)10-15/h4-6,10,12H,7-9,11H2,1-3H3,(H,23,27). The van der Waals surface area contributed by atoms with E-state index in [1.165, 1.54) is 0 Å². The van der Waals surface area contributed by atoms with Crippen LogP contribution in [0.25, 0.3) is 0 Å². The van der Waals surface area contributed by atoms with Gasteiger partial charge < -0.3 is 9.84 Å². The molecule has 1 aliphatic carbocycles. The molecule has 6 nitrogen and oxygen atoms in total. The quantitative estimate of drug-likeness (QED) is 0.698. The molecule has 3 aromatic rings. The van der Waals surface area contributed by atoms with E-state index >= 15 is 0 Å². The monoisotopic (exact) mass is 398 g/mol. The van der Waals surface area contributed by atoms with Crippen LogP contribution in [-0.2, 0) is 19.4 Å². The van der Waals surface area contributed by atoms with E-state index in [4.69, 9.17) is 16.1 Å². The van der Waals surface area contributed by atoms with E-state index in [0.29, 0.717) is 28.9 Å². The number of nitrogens with zero attached hydrogens (tertiary/aromatic N) is 3. The molecule has 0 spiro atoms. The van der Waals surface area contributed by atoms with Gasteiger partial charge in [-0.1, -0.05) is 35.8 Å². The molecule has 0 fully saturated rings. The molecule has 1 aromatic carbocycles. The maximum atomic E-state index is 12.9. The minimum Gasteiger partial charge on any atom is -0.360 e. The zero-order valence-corrected chi connectivity index (χ0v) is 17.0. The molecule has 7 heteroatoms. The molecule has 0 saturated carbocycles. The molecule has 1 N–H and O–H groups in total. The third-order valence-electron chi connectivity index (χ3n) is 5.34. The Kier molecular flexibility index (Phi) is 4.98. The van der Waals surface area contributed by atoms with Crippen LogP contribution in [0.1, 0.15) is 52.1 Å². The molecule has 4 rings (SSSR count). The smallest absolute Gasteiger partial charge is 0.278 e. The van der Waals surface area contributed by atoms with Crippen molar-refractivity contribution in [2.75, 3.05) is 5.32 Å². The third-order valence-corrected chi connectivity index (χ3v) is 5.58. The lowest BCUT2D eigenvalue weighted by Gasteiger charge is -2.16. The molecule has 1 unspecified atom stereocenters. The second-order valence-corrected chi connectivity index (χ2v) is 8.00. The molecule has 28 heavy (non-hydrogen) atoms. The Labute approximate surface area is 168 Å². The molecule has 0 aliphatic heterocycles. The van der Waals surface area contributed by atoms with E-state index in [-0.39, 0.29) is 5.91 Å². The van der Waals surface area contributed by atoms with Gasteiger partial charge in [0.1, 0.15) is 5.76 Å². The number of halogens is 1. The van der Waals surface area contributed by atoms with Crippen molar-refractivity contribution in [3.05, 3.63) is 63.3 Å². The summed E-state index contributed by atoms with van der Waals surface area (Å²) in [5.41, 5.74) is 4.75. The Morgan fingerprint density at radius 3 is 3.00 bits per heavy atom. The number of fused-ring (bicyclic) bond motifs is 1. The number of rotatable bonds is 4. The molecule has 2 heterocycles. The molecule has 1 amide bonds. The summed E-state index contributed by atoms with van der Waals surface area (Å²) in [5.74, 6) is 1.13. The summed E-state index contributed by atoms with van der Waals surface area (Å²) in [6.45, 7) is 6.60. The Morgan fingerprint density at radius 2 is 2.21 bits per heavy atom. The number of carbonyl (C=O) groups is 1. The summed E-state index contributed by atoms with van der Waals surface area (Å²) in [6, 6.07) is 7.68. The molecule has 0 bridgehead atoms. The summed E-state index contributed by atoms with van der Waals surface area (Å²) in [6.07, 6.45) is 2.73. The van der Waals surface area contributed by atoms with Gasteiger partial charge in [0.2, 0.25) is 0 Å². The van der Waals surface area contributed by atoms with Crippen molar-refractivity contribution in [1.29, 1.82) is 0 Å². The summed E-state index contributed by atoms with van der Waals surface area (Å²) < 4.78 is 7.28. The molecule has 146 valence electrons. The number of benzene rings is 1. The van der Waals surface area contributed by atoms with Crippen molar-refractivity contribution < 1.29 is 9.32 Å². The first-order chi connectivity index (χ1) is 13.4. The SMILES string of the molecule is Cc1nn(Cc2cccc(Cl)c2)c(C)c1NC(=O)c1noc2c1CC(C)CC2. The van der Waals surface area contributed by atoms with Crippen LogP contribution in [0.3, 0.4) is 0 Å². The zero-order chi connectivity index (χ0) is 19.8. The van der Waals surface area contributed by atoms with E-state index in [2.05, 4.69) is 22.5 Å². The van der Waals surface area contributed by atoms with Crippen LogP contribution in [0.15, 0.2) is 28.8 Å². The third kappa shape index (κ3) is 3.56. The average molecular weight is 399 g/mol. The number of carbonyl (C=O) groups excluding carboxylic acids is 1. The summed E-state index contributed by atoms with van der Waals surface area (Å²) in [4.78, 5) is 12.9. The predicted molar refractivity (Wildman–Crippen MR) is 108 cm³/mol. The Bertz CT molecular complexity index is 1040. The highest BCUT2D eigenvalue weighted by Crippen LogP contribution is 2.29. The average Bonchev–Trinajstić information content (AvgIpc) is 3.18. The normalized spacial score (nSPS) is 16.1. The fourth-order valence-electron chi connectivity index (χ4n) is 3.77. The minimum absolute atomic E-state index is 0.243. The lowest BCUT2D eigenvalue weighted by Crippen LogP contribution is -2.18. The number of aromatic nitrogens is 3. The number of aryl methyl sites for hydroxylation is 2. The summed E-state index contributed by atoms with van der Waals surface area (Å²) >= 11 is 6.08. The molecule has 2 aromatic heterocycles. The van der Waals surface area contributed by atoms with Gasteiger partial charge in [-0.25, -0.2) is 0 Å². The van der Waals surface area contributed by atoms with E-state index in [1.807, 2.05) is 42.8 Å². The van der Waals surface area contributed by atoms with E-state index in [0.717, 1.165) is 47.5 Å². The second kappa shape index (κ2) is 7.43. The van der Waals surface area contributed by atoms with Gasteiger partial charge in [0.25, 0.3) is 5.91 Å². The van der Waals surface area contributed by atoms with Crippen LogP contribution in [0.5, 0.6) is 0 Å². The van der Waals surface area contributed by atoms with E-state index < -0.39 is 0 Å². The zero-order valence-electron chi connectivity index (χ0n) is 16.3. The van der Waals surface area contributed by atoms with Crippen molar-refractivity contribution in [3.63, 3.8) is 0 Å². The number of hydrogen-bond acceptors (Lipinski definition) is 4.